The number of rotatable bonds is 6. The summed E-state index contributed by atoms with van der Waals surface area (Å²) in [5.74, 6) is 0.564. The Morgan fingerprint density at radius 3 is 2.66 bits per heavy atom. The lowest BCUT2D eigenvalue weighted by Crippen LogP contribution is -2.12. The summed E-state index contributed by atoms with van der Waals surface area (Å²) in [5.41, 5.74) is 3.18. The number of aromatic amines is 1. The van der Waals surface area contributed by atoms with Crippen molar-refractivity contribution in [2.75, 3.05) is 6.61 Å². The van der Waals surface area contributed by atoms with E-state index in [0.29, 0.717) is 56.5 Å². The first-order valence-corrected chi connectivity index (χ1v) is 13.6. The van der Waals surface area contributed by atoms with E-state index in [-0.39, 0.29) is 17.4 Å². The second-order valence-corrected chi connectivity index (χ2v) is 11.4. The van der Waals surface area contributed by atoms with E-state index in [1.165, 1.54) is 12.3 Å². The van der Waals surface area contributed by atoms with E-state index in [9.17, 15) is 22.4 Å². The summed E-state index contributed by atoms with van der Waals surface area (Å²) in [6.45, 7) is 4.34. The van der Waals surface area contributed by atoms with Crippen LogP contribution in [-0.4, -0.2) is 29.6 Å². The molecule has 1 fully saturated rings. The maximum Gasteiger partial charge on any atom is 0.333 e. The van der Waals surface area contributed by atoms with Crippen LogP contribution in [-0.2, 0) is 10.2 Å². The average molecular weight is 531 g/mol. The molecule has 0 radical (unpaired) electrons. The van der Waals surface area contributed by atoms with Crippen LogP contribution in [0.4, 0.5) is 3.89 Å². The van der Waals surface area contributed by atoms with E-state index in [4.69, 9.17) is 4.74 Å². The number of nitrogens with zero attached hydrogens (tertiary/aromatic N) is 3. The van der Waals surface area contributed by atoms with Gasteiger partial charge < -0.3 is 14.3 Å². The molecule has 0 aliphatic heterocycles. The van der Waals surface area contributed by atoms with Crippen LogP contribution in [0.25, 0.3) is 44.0 Å². The molecule has 0 atom stereocenters. The van der Waals surface area contributed by atoms with Crippen molar-refractivity contribution >= 4 is 43.1 Å². The molecule has 3 heterocycles. The average Bonchev–Trinajstić information content (AvgIpc) is 3.65. The molecular formula is C28H23FN4O4S. The first-order chi connectivity index (χ1) is 18.2. The minimum absolute atomic E-state index is 0.162. The third-order valence-electron chi connectivity index (χ3n) is 6.77. The Kier molecular flexibility index (Phi) is 5.50. The predicted octanol–water partition coefficient (Wildman–Crippen LogP) is 5.60. The number of halogens is 1. The number of H-pyrrole nitrogens is 1. The molecule has 0 bridgehead atoms. The fraction of sp³-hybridized carbons (Fsp3) is 0.250. The van der Waals surface area contributed by atoms with Crippen molar-refractivity contribution in [3.05, 3.63) is 64.6 Å². The van der Waals surface area contributed by atoms with Crippen molar-refractivity contribution in [1.29, 1.82) is 5.26 Å². The highest BCUT2D eigenvalue weighted by Gasteiger charge is 2.29. The third-order valence-corrected chi connectivity index (χ3v) is 7.55. The maximum absolute atomic E-state index is 13.9. The zero-order valence-corrected chi connectivity index (χ0v) is 21.5. The van der Waals surface area contributed by atoms with Gasteiger partial charge in [-0.2, -0.15) is 13.7 Å². The Balaban J connectivity index is 1.71. The zero-order chi connectivity index (χ0) is 26.8. The minimum Gasteiger partial charge on any atom is -0.493 e. The summed E-state index contributed by atoms with van der Waals surface area (Å²) in [7, 11) is -4.97. The van der Waals surface area contributed by atoms with Crippen LogP contribution >= 0.6 is 0 Å². The molecule has 10 heteroatoms. The van der Waals surface area contributed by atoms with E-state index in [1.807, 2.05) is 13.8 Å². The Hall–Kier alpha value is -4.23. The van der Waals surface area contributed by atoms with Crippen LogP contribution in [0.15, 0.2) is 58.5 Å². The molecule has 1 saturated carbocycles. The number of aromatic nitrogens is 3. The normalized spacial score (nSPS) is 14.0. The van der Waals surface area contributed by atoms with Crippen molar-refractivity contribution < 1.29 is 17.0 Å². The van der Waals surface area contributed by atoms with Gasteiger partial charge in [-0.15, -0.1) is 3.89 Å². The molecule has 8 nitrogen and oxygen atoms in total. The molecule has 1 aliphatic rings. The first-order valence-electron chi connectivity index (χ1n) is 12.3. The summed E-state index contributed by atoms with van der Waals surface area (Å²) in [4.78, 5) is 20.7. The molecule has 5 aromatic rings. The Bertz CT molecular complexity index is 1980. The Morgan fingerprint density at radius 1 is 1.18 bits per heavy atom. The smallest absolute Gasteiger partial charge is 0.333 e. The molecule has 38 heavy (non-hydrogen) atoms. The van der Waals surface area contributed by atoms with Gasteiger partial charge in [-0.25, -0.2) is 0 Å². The molecule has 192 valence electrons. The highest BCUT2D eigenvalue weighted by atomic mass is 32.3. The lowest BCUT2D eigenvalue weighted by molar-refractivity contribution is 0.272. The van der Waals surface area contributed by atoms with Crippen LogP contribution in [0.1, 0.15) is 38.3 Å². The molecule has 0 unspecified atom stereocenters. The van der Waals surface area contributed by atoms with Crippen molar-refractivity contribution in [2.45, 2.75) is 37.6 Å². The molecule has 0 spiro atoms. The molecule has 0 amide bonds. The lowest BCUT2D eigenvalue weighted by Gasteiger charge is -2.18. The largest absolute Gasteiger partial charge is 0.493 e. The molecule has 1 aliphatic carbocycles. The first kappa shape index (κ1) is 24.1. The molecule has 1 N–H and O–H groups in total. The zero-order valence-electron chi connectivity index (χ0n) is 20.7. The van der Waals surface area contributed by atoms with Gasteiger partial charge >= 0.3 is 10.2 Å². The minimum atomic E-state index is -4.97. The van der Waals surface area contributed by atoms with Gasteiger partial charge in [0, 0.05) is 40.5 Å². The SMILES string of the molecule is CC(C)COc1cc2c(=O)c3c4ccc(C#N)cc4[nH]c3n(C3CC3)c2cc1-c1cncc(S(=O)(=O)F)c1. The van der Waals surface area contributed by atoms with Crippen LogP contribution in [0.5, 0.6) is 5.75 Å². The van der Waals surface area contributed by atoms with Crippen LogP contribution in [0, 0.1) is 17.2 Å². The van der Waals surface area contributed by atoms with Crippen molar-refractivity contribution in [3.63, 3.8) is 0 Å². The quantitative estimate of drug-likeness (QED) is 0.286. The number of fused-ring (bicyclic) bond motifs is 4. The van der Waals surface area contributed by atoms with Gasteiger partial charge in [-0.3, -0.25) is 9.78 Å². The molecule has 2 aromatic carbocycles. The van der Waals surface area contributed by atoms with Gasteiger partial charge in [0.1, 0.15) is 16.3 Å². The lowest BCUT2D eigenvalue weighted by atomic mass is 10.0. The second kappa shape index (κ2) is 8.67. The molecular weight excluding hydrogens is 507 g/mol. The molecule has 0 saturated heterocycles. The Labute approximate surface area is 217 Å². The summed E-state index contributed by atoms with van der Waals surface area (Å²) >= 11 is 0. The number of nitrogens with one attached hydrogen (secondary N) is 1. The highest BCUT2D eigenvalue weighted by Crippen LogP contribution is 2.43. The number of hydrogen-bond donors (Lipinski definition) is 1. The van der Waals surface area contributed by atoms with E-state index < -0.39 is 15.1 Å². The summed E-state index contributed by atoms with van der Waals surface area (Å²) in [6.07, 6.45) is 4.27. The highest BCUT2D eigenvalue weighted by molar-refractivity contribution is 7.86. The van der Waals surface area contributed by atoms with Gasteiger partial charge in [-0.1, -0.05) is 19.9 Å². The van der Waals surface area contributed by atoms with Crippen LogP contribution < -0.4 is 10.2 Å². The molecule has 3 aromatic heterocycles. The number of nitriles is 1. The standard InChI is InChI=1S/C28H23FN4O4S/c1-15(2)14-37-25-10-22-24(9-21(25)17-8-19(13-31-12-17)38(29,35)36)33(18-4-5-18)28-26(27(22)34)20-6-3-16(11-30)7-23(20)32-28/h3,6-10,12-13,15,18,32H,4-5,14H2,1-2H3. The second-order valence-electron chi connectivity index (χ2n) is 10.1. The topological polar surface area (TPSA) is 118 Å². The van der Waals surface area contributed by atoms with Crippen molar-refractivity contribution in [1.82, 2.24) is 14.5 Å². The summed E-state index contributed by atoms with van der Waals surface area (Å²) in [5, 5.41) is 11.1. The summed E-state index contributed by atoms with van der Waals surface area (Å²) in [6, 6.07) is 12.2. The number of ether oxygens (including phenoxy) is 1. The van der Waals surface area contributed by atoms with Gasteiger partial charge in [0.15, 0.2) is 5.43 Å². The van der Waals surface area contributed by atoms with Gasteiger partial charge in [0.2, 0.25) is 0 Å². The van der Waals surface area contributed by atoms with Crippen LogP contribution in [0.2, 0.25) is 0 Å². The van der Waals surface area contributed by atoms with Gasteiger partial charge in [0.05, 0.1) is 34.5 Å². The van der Waals surface area contributed by atoms with E-state index >= 15 is 0 Å². The fourth-order valence-electron chi connectivity index (χ4n) is 4.88. The molecule has 6 rings (SSSR count). The number of pyridine rings is 2. The monoisotopic (exact) mass is 530 g/mol. The fourth-order valence-corrected chi connectivity index (χ4v) is 5.34. The van der Waals surface area contributed by atoms with Gasteiger partial charge in [0.25, 0.3) is 0 Å². The van der Waals surface area contributed by atoms with E-state index in [2.05, 4.69) is 20.6 Å². The van der Waals surface area contributed by atoms with Crippen molar-refractivity contribution in [3.8, 4) is 22.9 Å². The van der Waals surface area contributed by atoms with Crippen molar-refractivity contribution in [2.24, 2.45) is 5.92 Å². The van der Waals surface area contributed by atoms with E-state index in [0.717, 1.165) is 24.4 Å². The maximum atomic E-state index is 13.9. The van der Waals surface area contributed by atoms with Gasteiger partial charge in [-0.05, 0) is 49.1 Å². The van der Waals surface area contributed by atoms with Crippen LogP contribution in [0.3, 0.4) is 0 Å². The van der Waals surface area contributed by atoms with E-state index in [1.54, 1.807) is 30.3 Å². The predicted molar refractivity (Wildman–Crippen MR) is 142 cm³/mol. The third kappa shape index (κ3) is 4.00. The number of hydrogen-bond acceptors (Lipinski definition) is 6. The number of benzene rings is 2. The Morgan fingerprint density at radius 2 is 1.97 bits per heavy atom. The summed E-state index contributed by atoms with van der Waals surface area (Å²) < 4.78 is 45.2.